The highest BCUT2D eigenvalue weighted by Crippen LogP contribution is 2.17. The Bertz CT molecular complexity index is 337. The minimum atomic E-state index is -0.00322. The van der Waals surface area contributed by atoms with Gasteiger partial charge in [-0.15, -0.1) is 10.2 Å². The molecule has 0 bridgehead atoms. The van der Waals surface area contributed by atoms with Gasteiger partial charge < -0.3 is 11.1 Å². The standard InChI is InChI=1S/C10H18N4OS/c1-7(2)6-8(15)12-10-14-13-9(16-10)4-3-5-11/h7H,3-6,11H2,1-2H3,(H,12,14,15). The Morgan fingerprint density at radius 3 is 2.88 bits per heavy atom. The fourth-order valence-corrected chi connectivity index (χ4v) is 2.00. The molecule has 90 valence electrons. The average molecular weight is 242 g/mol. The van der Waals surface area contributed by atoms with Gasteiger partial charge in [0.15, 0.2) is 0 Å². The Morgan fingerprint density at radius 1 is 1.50 bits per heavy atom. The summed E-state index contributed by atoms with van der Waals surface area (Å²) in [6, 6.07) is 0. The van der Waals surface area contributed by atoms with Crippen molar-refractivity contribution in [2.24, 2.45) is 11.7 Å². The summed E-state index contributed by atoms with van der Waals surface area (Å²) in [5.41, 5.74) is 5.41. The SMILES string of the molecule is CC(C)CC(=O)Nc1nnc(CCCN)s1. The van der Waals surface area contributed by atoms with Crippen molar-refractivity contribution < 1.29 is 4.79 Å². The van der Waals surface area contributed by atoms with Crippen molar-refractivity contribution >= 4 is 22.4 Å². The van der Waals surface area contributed by atoms with Crippen LogP contribution in [0, 0.1) is 5.92 Å². The molecule has 1 heterocycles. The fraction of sp³-hybridized carbons (Fsp3) is 0.700. The molecule has 16 heavy (non-hydrogen) atoms. The van der Waals surface area contributed by atoms with Gasteiger partial charge in [-0.25, -0.2) is 0 Å². The van der Waals surface area contributed by atoms with Gasteiger partial charge in [-0.05, 0) is 18.9 Å². The number of nitrogens with zero attached hydrogens (tertiary/aromatic N) is 2. The first-order chi connectivity index (χ1) is 7.61. The van der Waals surface area contributed by atoms with Crippen LogP contribution in [-0.4, -0.2) is 22.6 Å². The van der Waals surface area contributed by atoms with Crippen LogP contribution in [0.2, 0.25) is 0 Å². The molecule has 0 aliphatic rings. The van der Waals surface area contributed by atoms with Crippen LogP contribution in [0.5, 0.6) is 0 Å². The highest BCUT2D eigenvalue weighted by atomic mass is 32.1. The molecule has 1 aromatic rings. The summed E-state index contributed by atoms with van der Waals surface area (Å²) in [7, 11) is 0. The Kier molecular flexibility index (Phi) is 5.34. The summed E-state index contributed by atoms with van der Waals surface area (Å²) >= 11 is 1.42. The van der Waals surface area contributed by atoms with Crippen molar-refractivity contribution in [2.75, 3.05) is 11.9 Å². The predicted octanol–water partition coefficient (Wildman–Crippen LogP) is 1.41. The minimum Gasteiger partial charge on any atom is -0.330 e. The van der Waals surface area contributed by atoms with E-state index in [-0.39, 0.29) is 5.91 Å². The normalized spacial score (nSPS) is 10.8. The number of aryl methyl sites for hydroxylation is 1. The lowest BCUT2D eigenvalue weighted by molar-refractivity contribution is -0.116. The molecule has 6 heteroatoms. The lowest BCUT2D eigenvalue weighted by Gasteiger charge is -2.02. The smallest absolute Gasteiger partial charge is 0.226 e. The van der Waals surface area contributed by atoms with Gasteiger partial charge >= 0.3 is 0 Å². The van der Waals surface area contributed by atoms with E-state index < -0.39 is 0 Å². The minimum absolute atomic E-state index is 0.00322. The maximum absolute atomic E-state index is 11.5. The average Bonchev–Trinajstić information content (AvgIpc) is 2.61. The second kappa shape index (κ2) is 6.55. The van der Waals surface area contributed by atoms with Crippen LogP contribution in [0.3, 0.4) is 0 Å². The third-order valence-corrected chi connectivity index (χ3v) is 2.80. The number of carbonyl (C=O) groups excluding carboxylic acids is 1. The second-order valence-electron chi connectivity index (χ2n) is 4.04. The van der Waals surface area contributed by atoms with Gasteiger partial charge in [0, 0.05) is 12.8 Å². The Labute approximate surface area is 99.5 Å². The number of aromatic nitrogens is 2. The molecule has 1 rings (SSSR count). The number of rotatable bonds is 6. The Hall–Kier alpha value is -1.01. The van der Waals surface area contributed by atoms with Gasteiger partial charge in [0.05, 0.1) is 0 Å². The second-order valence-corrected chi connectivity index (χ2v) is 5.10. The number of nitrogens with one attached hydrogen (secondary N) is 1. The topological polar surface area (TPSA) is 80.9 Å². The van der Waals surface area contributed by atoms with Crippen molar-refractivity contribution in [3.8, 4) is 0 Å². The molecule has 0 saturated heterocycles. The van der Waals surface area contributed by atoms with E-state index in [1.807, 2.05) is 13.8 Å². The van der Waals surface area contributed by atoms with Gasteiger partial charge in [0.25, 0.3) is 0 Å². The van der Waals surface area contributed by atoms with E-state index in [0.717, 1.165) is 17.8 Å². The number of carbonyl (C=O) groups is 1. The lowest BCUT2D eigenvalue weighted by atomic mass is 10.1. The highest BCUT2D eigenvalue weighted by Gasteiger charge is 2.09. The van der Waals surface area contributed by atoms with Crippen LogP contribution >= 0.6 is 11.3 Å². The molecule has 1 aromatic heterocycles. The summed E-state index contributed by atoms with van der Waals surface area (Å²) in [5.74, 6) is 0.348. The third-order valence-electron chi connectivity index (χ3n) is 1.90. The van der Waals surface area contributed by atoms with Crippen LogP contribution in [0.25, 0.3) is 0 Å². The molecule has 0 atom stereocenters. The zero-order chi connectivity index (χ0) is 12.0. The van der Waals surface area contributed by atoms with Crippen molar-refractivity contribution in [1.29, 1.82) is 0 Å². The summed E-state index contributed by atoms with van der Waals surface area (Å²) in [6.07, 6.45) is 2.24. The Morgan fingerprint density at radius 2 is 2.25 bits per heavy atom. The van der Waals surface area contributed by atoms with Crippen molar-refractivity contribution in [2.45, 2.75) is 33.1 Å². The van der Waals surface area contributed by atoms with Gasteiger partial charge in [-0.3, -0.25) is 4.79 Å². The zero-order valence-corrected chi connectivity index (χ0v) is 10.5. The van der Waals surface area contributed by atoms with E-state index in [1.54, 1.807) is 0 Å². The summed E-state index contributed by atoms with van der Waals surface area (Å²) in [4.78, 5) is 11.5. The molecular formula is C10H18N4OS. The molecule has 0 radical (unpaired) electrons. The number of anilines is 1. The van der Waals surface area contributed by atoms with Crippen LogP contribution in [-0.2, 0) is 11.2 Å². The van der Waals surface area contributed by atoms with Crippen LogP contribution in [0.1, 0.15) is 31.7 Å². The molecule has 0 aliphatic heterocycles. The molecule has 0 fully saturated rings. The van der Waals surface area contributed by atoms with E-state index in [9.17, 15) is 4.79 Å². The van der Waals surface area contributed by atoms with Crippen molar-refractivity contribution in [3.63, 3.8) is 0 Å². The molecule has 0 aromatic carbocycles. The first kappa shape index (κ1) is 13.1. The predicted molar refractivity (Wildman–Crippen MR) is 65.4 cm³/mol. The lowest BCUT2D eigenvalue weighted by Crippen LogP contribution is -2.13. The number of nitrogens with two attached hydrogens (primary N) is 1. The quantitative estimate of drug-likeness (QED) is 0.790. The van der Waals surface area contributed by atoms with E-state index in [4.69, 9.17) is 5.73 Å². The Balaban J connectivity index is 2.42. The monoisotopic (exact) mass is 242 g/mol. The molecule has 0 saturated carbocycles. The molecule has 3 N–H and O–H groups in total. The van der Waals surface area contributed by atoms with Crippen LogP contribution < -0.4 is 11.1 Å². The molecule has 5 nitrogen and oxygen atoms in total. The van der Waals surface area contributed by atoms with Gasteiger partial charge in [-0.1, -0.05) is 25.2 Å². The number of hydrogen-bond donors (Lipinski definition) is 2. The zero-order valence-electron chi connectivity index (χ0n) is 9.69. The summed E-state index contributed by atoms with van der Waals surface area (Å²) in [5, 5.41) is 12.1. The van der Waals surface area contributed by atoms with Crippen LogP contribution in [0.4, 0.5) is 5.13 Å². The van der Waals surface area contributed by atoms with Crippen LogP contribution in [0.15, 0.2) is 0 Å². The van der Waals surface area contributed by atoms with Crippen molar-refractivity contribution in [1.82, 2.24) is 10.2 Å². The van der Waals surface area contributed by atoms with Crippen molar-refractivity contribution in [3.05, 3.63) is 5.01 Å². The number of amides is 1. The van der Waals surface area contributed by atoms with Gasteiger partial charge in [0.2, 0.25) is 11.0 Å². The largest absolute Gasteiger partial charge is 0.330 e. The molecule has 0 aliphatic carbocycles. The fourth-order valence-electron chi connectivity index (χ4n) is 1.20. The van der Waals surface area contributed by atoms with Gasteiger partial charge in [0.1, 0.15) is 5.01 Å². The molecule has 0 unspecified atom stereocenters. The van der Waals surface area contributed by atoms with E-state index in [0.29, 0.717) is 24.0 Å². The first-order valence-electron chi connectivity index (χ1n) is 5.44. The number of hydrogen-bond acceptors (Lipinski definition) is 5. The summed E-state index contributed by atoms with van der Waals surface area (Å²) in [6.45, 7) is 4.66. The first-order valence-corrected chi connectivity index (χ1v) is 6.25. The third kappa shape index (κ3) is 4.67. The molecule has 1 amide bonds. The van der Waals surface area contributed by atoms with E-state index in [2.05, 4.69) is 15.5 Å². The maximum atomic E-state index is 11.5. The molecule has 0 spiro atoms. The summed E-state index contributed by atoms with van der Waals surface area (Å²) < 4.78 is 0. The van der Waals surface area contributed by atoms with E-state index in [1.165, 1.54) is 11.3 Å². The molecular weight excluding hydrogens is 224 g/mol. The highest BCUT2D eigenvalue weighted by molar-refractivity contribution is 7.15. The van der Waals surface area contributed by atoms with Gasteiger partial charge in [-0.2, -0.15) is 0 Å². The van der Waals surface area contributed by atoms with E-state index >= 15 is 0 Å². The maximum Gasteiger partial charge on any atom is 0.226 e.